The summed E-state index contributed by atoms with van der Waals surface area (Å²) in [5, 5.41) is 0. The molecule has 1 aliphatic rings. The smallest absolute Gasteiger partial charge is 0.255 e. The number of carbonyl (C=O) groups excluding carboxylic acids is 2. The predicted octanol–water partition coefficient (Wildman–Crippen LogP) is 0.0307. The van der Waals surface area contributed by atoms with Gasteiger partial charge in [-0.3, -0.25) is 14.5 Å². The minimum Gasteiger partial charge on any atom is -0.362 e. The molecule has 5 nitrogen and oxygen atoms in total. The number of nitrogens with zero attached hydrogens (tertiary/aromatic N) is 1. The fourth-order valence-corrected chi connectivity index (χ4v) is 1.78. The van der Waals surface area contributed by atoms with Crippen molar-refractivity contribution in [1.29, 1.82) is 0 Å². The Kier molecular flexibility index (Phi) is 3.51. The lowest BCUT2D eigenvalue weighted by atomic mass is 10.1. The monoisotopic (exact) mass is 234 g/mol. The van der Waals surface area contributed by atoms with Crippen molar-refractivity contribution in [2.24, 2.45) is 5.73 Å². The molecule has 0 unspecified atom stereocenters. The van der Waals surface area contributed by atoms with E-state index in [-0.39, 0.29) is 31.6 Å². The van der Waals surface area contributed by atoms with Gasteiger partial charge in [0.25, 0.3) is 11.8 Å². The standard InChI is InChI=1S/C12H14N2O3/c13-5-9-3-1-2-4-10(9)6-14-11(15)7-17-8-12(14)16/h1-4H,5-8,13H2. The quantitative estimate of drug-likeness (QED) is 0.749. The van der Waals surface area contributed by atoms with Crippen LogP contribution in [0.2, 0.25) is 0 Å². The number of carbonyl (C=O) groups is 2. The van der Waals surface area contributed by atoms with Crippen LogP contribution in [0.25, 0.3) is 0 Å². The normalized spacial score (nSPS) is 16.4. The van der Waals surface area contributed by atoms with E-state index in [2.05, 4.69) is 0 Å². The van der Waals surface area contributed by atoms with Crippen LogP contribution in [0.1, 0.15) is 11.1 Å². The lowest BCUT2D eigenvalue weighted by molar-refractivity contribution is -0.159. The molecule has 1 fully saturated rings. The summed E-state index contributed by atoms with van der Waals surface area (Å²) in [5.74, 6) is -0.596. The fourth-order valence-electron chi connectivity index (χ4n) is 1.78. The van der Waals surface area contributed by atoms with E-state index < -0.39 is 0 Å². The third-order valence-electron chi connectivity index (χ3n) is 2.72. The molecule has 2 amide bonds. The minimum atomic E-state index is -0.298. The highest BCUT2D eigenvalue weighted by atomic mass is 16.5. The first-order valence-corrected chi connectivity index (χ1v) is 5.40. The number of nitrogens with two attached hydrogens (primary N) is 1. The van der Waals surface area contributed by atoms with Crippen LogP contribution >= 0.6 is 0 Å². The summed E-state index contributed by atoms with van der Waals surface area (Å²) in [6.07, 6.45) is 0. The molecule has 2 rings (SSSR count). The Balaban J connectivity index is 2.19. The lowest BCUT2D eigenvalue weighted by Gasteiger charge is -2.25. The second-order valence-corrected chi connectivity index (χ2v) is 3.84. The van der Waals surface area contributed by atoms with Crippen LogP contribution in [-0.4, -0.2) is 29.9 Å². The molecule has 0 aliphatic carbocycles. The highest BCUT2D eigenvalue weighted by Crippen LogP contribution is 2.13. The number of imide groups is 1. The number of amides is 2. The van der Waals surface area contributed by atoms with Gasteiger partial charge in [-0.05, 0) is 11.1 Å². The molecule has 90 valence electrons. The van der Waals surface area contributed by atoms with Crippen molar-refractivity contribution < 1.29 is 14.3 Å². The lowest BCUT2D eigenvalue weighted by Crippen LogP contribution is -2.45. The van der Waals surface area contributed by atoms with E-state index in [1.54, 1.807) is 0 Å². The Hall–Kier alpha value is -1.72. The molecule has 2 N–H and O–H groups in total. The number of morpholine rings is 1. The summed E-state index contributed by atoms with van der Waals surface area (Å²) < 4.78 is 4.85. The van der Waals surface area contributed by atoms with Crippen LogP contribution < -0.4 is 5.73 Å². The van der Waals surface area contributed by atoms with Crippen molar-refractivity contribution in [3.05, 3.63) is 35.4 Å². The Morgan fingerprint density at radius 2 is 1.71 bits per heavy atom. The topological polar surface area (TPSA) is 72.6 Å². The number of rotatable bonds is 3. The molecule has 17 heavy (non-hydrogen) atoms. The highest BCUT2D eigenvalue weighted by Gasteiger charge is 2.26. The van der Waals surface area contributed by atoms with Crippen molar-refractivity contribution in [3.63, 3.8) is 0 Å². The molecule has 0 spiro atoms. The van der Waals surface area contributed by atoms with Crippen molar-refractivity contribution in [3.8, 4) is 0 Å². The van der Waals surface area contributed by atoms with Crippen LogP contribution in [0, 0.1) is 0 Å². The van der Waals surface area contributed by atoms with E-state index in [4.69, 9.17) is 10.5 Å². The van der Waals surface area contributed by atoms with Gasteiger partial charge in [-0.15, -0.1) is 0 Å². The van der Waals surface area contributed by atoms with Gasteiger partial charge in [0.1, 0.15) is 13.2 Å². The van der Waals surface area contributed by atoms with Crippen LogP contribution in [-0.2, 0) is 27.4 Å². The summed E-state index contributed by atoms with van der Waals surface area (Å²) >= 11 is 0. The first-order valence-electron chi connectivity index (χ1n) is 5.40. The Labute approximate surface area is 99.2 Å². The second-order valence-electron chi connectivity index (χ2n) is 3.84. The Morgan fingerprint density at radius 1 is 1.12 bits per heavy atom. The molecule has 0 bridgehead atoms. The van der Waals surface area contributed by atoms with E-state index in [1.807, 2.05) is 24.3 Å². The van der Waals surface area contributed by atoms with Crippen LogP contribution in [0.4, 0.5) is 0 Å². The fraction of sp³-hybridized carbons (Fsp3) is 0.333. The molecule has 1 saturated heterocycles. The molecule has 1 aromatic rings. The molecular weight excluding hydrogens is 220 g/mol. The molecule has 0 atom stereocenters. The minimum absolute atomic E-state index is 0.0312. The number of hydrogen-bond donors (Lipinski definition) is 1. The van der Waals surface area contributed by atoms with Crippen LogP contribution in [0.15, 0.2) is 24.3 Å². The summed E-state index contributed by atoms with van der Waals surface area (Å²) in [5.41, 5.74) is 7.46. The van der Waals surface area contributed by atoms with Gasteiger partial charge in [-0.2, -0.15) is 0 Å². The second kappa shape index (κ2) is 5.07. The van der Waals surface area contributed by atoms with E-state index in [0.29, 0.717) is 6.54 Å². The zero-order valence-corrected chi connectivity index (χ0v) is 9.39. The Bertz CT molecular complexity index is 429. The summed E-state index contributed by atoms with van der Waals surface area (Å²) in [6, 6.07) is 7.52. The van der Waals surface area contributed by atoms with Gasteiger partial charge in [-0.1, -0.05) is 24.3 Å². The van der Waals surface area contributed by atoms with Crippen LogP contribution in [0.3, 0.4) is 0 Å². The molecule has 1 aromatic carbocycles. The first-order chi connectivity index (χ1) is 8.22. The van der Waals surface area contributed by atoms with E-state index in [9.17, 15) is 9.59 Å². The van der Waals surface area contributed by atoms with Crippen molar-refractivity contribution in [2.45, 2.75) is 13.1 Å². The third-order valence-corrected chi connectivity index (χ3v) is 2.72. The zero-order chi connectivity index (χ0) is 12.3. The molecule has 5 heteroatoms. The van der Waals surface area contributed by atoms with E-state index >= 15 is 0 Å². The average molecular weight is 234 g/mol. The van der Waals surface area contributed by atoms with Gasteiger partial charge in [0.05, 0.1) is 6.54 Å². The maximum Gasteiger partial charge on any atom is 0.255 e. The molecule has 0 radical (unpaired) electrons. The van der Waals surface area contributed by atoms with E-state index in [1.165, 1.54) is 4.90 Å². The molecule has 0 saturated carbocycles. The number of hydrogen-bond acceptors (Lipinski definition) is 4. The average Bonchev–Trinajstić information content (AvgIpc) is 2.34. The van der Waals surface area contributed by atoms with Crippen molar-refractivity contribution >= 4 is 11.8 Å². The highest BCUT2D eigenvalue weighted by molar-refractivity contribution is 5.98. The summed E-state index contributed by atoms with van der Waals surface area (Å²) in [6.45, 7) is 0.602. The molecular formula is C12H14N2O3. The molecule has 1 aliphatic heterocycles. The van der Waals surface area contributed by atoms with Gasteiger partial charge in [0.2, 0.25) is 0 Å². The summed E-state index contributed by atoms with van der Waals surface area (Å²) in [4.78, 5) is 24.3. The van der Waals surface area contributed by atoms with Gasteiger partial charge in [-0.25, -0.2) is 0 Å². The number of benzene rings is 1. The summed E-state index contributed by atoms with van der Waals surface area (Å²) in [7, 11) is 0. The van der Waals surface area contributed by atoms with Crippen LogP contribution in [0.5, 0.6) is 0 Å². The van der Waals surface area contributed by atoms with Crippen molar-refractivity contribution in [1.82, 2.24) is 4.90 Å². The van der Waals surface area contributed by atoms with E-state index in [0.717, 1.165) is 11.1 Å². The maximum absolute atomic E-state index is 11.6. The molecule has 0 aromatic heterocycles. The van der Waals surface area contributed by atoms with Gasteiger partial charge in [0.15, 0.2) is 0 Å². The molecule has 1 heterocycles. The van der Waals surface area contributed by atoms with Crippen molar-refractivity contribution in [2.75, 3.05) is 13.2 Å². The third kappa shape index (κ3) is 2.51. The first kappa shape index (κ1) is 11.8. The van der Waals surface area contributed by atoms with Gasteiger partial charge >= 0.3 is 0 Å². The predicted molar refractivity (Wildman–Crippen MR) is 60.7 cm³/mol. The maximum atomic E-state index is 11.6. The Morgan fingerprint density at radius 3 is 2.29 bits per heavy atom. The largest absolute Gasteiger partial charge is 0.362 e. The zero-order valence-electron chi connectivity index (χ0n) is 9.39. The van der Waals surface area contributed by atoms with Gasteiger partial charge in [0, 0.05) is 6.54 Å². The van der Waals surface area contributed by atoms with Gasteiger partial charge < -0.3 is 10.5 Å². The number of ether oxygens (including phenoxy) is 1. The SMILES string of the molecule is NCc1ccccc1CN1C(=O)COCC1=O.